The molecule has 1 amide bonds. The molecule has 0 aliphatic carbocycles. The van der Waals surface area contributed by atoms with Crippen molar-refractivity contribution in [3.8, 4) is 11.8 Å². The number of carbonyl (C=O) groups excluding carboxylic acids is 2. The monoisotopic (exact) mass is 443 g/mol. The quantitative estimate of drug-likeness (QED) is 0.697. The molecule has 1 aliphatic rings. The zero-order chi connectivity index (χ0) is 23.6. The molecule has 0 radical (unpaired) electrons. The molecule has 9 nitrogen and oxygen atoms in total. The smallest absolute Gasteiger partial charge is 0.407 e. The molecule has 0 bridgehead atoms. The van der Waals surface area contributed by atoms with Crippen molar-refractivity contribution in [1.82, 2.24) is 9.88 Å². The Balaban J connectivity index is 1.94. The zero-order valence-corrected chi connectivity index (χ0v) is 18.4. The van der Waals surface area contributed by atoms with E-state index in [1.54, 1.807) is 26.8 Å². The molecular weight excluding hydrogens is 417 g/mol. The van der Waals surface area contributed by atoms with Crippen molar-refractivity contribution in [2.45, 2.75) is 38.8 Å². The molecule has 1 aromatic heterocycles. The molecule has 2 aromatic rings. The van der Waals surface area contributed by atoms with Gasteiger partial charge in [0.1, 0.15) is 17.5 Å². The molecule has 10 heteroatoms. The van der Waals surface area contributed by atoms with Crippen LogP contribution in [0.3, 0.4) is 0 Å². The maximum atomic E-state index is 14.2. The number of rotatable bonds is 4. The van der Waals surface area contributed by atoms with E-state index in [0.29, 0.717) is 30.9 Å². The zero-order valence-electron chi connectivity index (χ0n) is 18.4. The van der Waals surface area contributed by atoms with Crippen LogP contribution < -0.4 is 16.0 Å². The Hall–Kier alpha value is -3.74. The first-order chi connectivity index (χ1) is 15.0. The van der Waals surface area contributed by atoms with Gasteiger partial charge in [-0.2, -0.15) is 5.26 Å². The van der Waals surface area contributed by atoms with E-state index < -0.39 is 23.5 Å². The molecule has 2 heterocycles. The number of benzene rings is 1. The molecule has 0 spiro atoms. The fraction of sp³-hybridized carbons (Fsp3) is 0.409. The molecule has 1 aliphatic heterocycles. The average molecular weight is 443 g/mol. The van der Waals surface area contributed by atoms with Gasteiger partial charge in [0.2, 0.25) is 0 Å². The number of anilines is 2. The van der Waals surface area contributed by atoms with Crippen molar-refractivity contribution in [2.75, 3.05) is 30.8 Å². The van der Waals surface area contributed by atoms with Crippen molar-refractivity contribution in [2.24, 2.45) is 0 Å². The standard InChI is InChI=1S/C22H26FN5O4/c1-22(2,3)32-21(30)26-15-7-8-27(12-15)16-6-5-14(23)9-17(16)28-11-13(10-24)18(25)19(28)20(29)31-4/h5-6,9,11,15H,7-8,12,25H2,1-4H3,(H,26,30). The van der Waals surface area contributed by atoms with E-state index in [9.17, 15) is 19.2 Å². The highest BCUT2D eigenvalue weighted by Crippen LogP contribution is 2.33. The molecule has 3 rings (SSSR count). The van der Waals surface area contributed by atoms with Gasteiger partial charge in [-0.1, -0.05) is 0 Å². The van der Waals surface area contributed by atoms with Crippen LogP contribution in [0.1, 0.15) is 43.2 Å². The van der Waals surface area contributed by atoms with Gasteiger partial charge < -0.3 is 30.0 Å². The van der Waals surface area contributed by atoms with E-state index in [1.807, 2.05) is 11.0 Å². The molecule has 1 fully saturated rings. The number of hydrogen-bond acceptors (Lipinski definition) is 7. The summed E-state index contributed by atoms with van der Waals surface area (Å²) in [5.41, 5.74) is 6.30. The van der Waals surface area contributed by atoms with Gasteiger partial charge in [-0.3, -0.25) is 0 Å². The molecule has 1 unspecified atom stereocenters. The highest BCUT2D eigenvalue weighted by Gasteiger charge is 2.29. The van der Waals surface area contributed by atoms with Crippen LogP contribution in [0.2, 0.25) is 0 Å². The highest BCUT2D eigenvalue weighted by atomic mass is 19.1. The van der Waals surface area contributed by atoms with Crippen LogP contribution in [0.25, 0.3) is 5.69 Å². The minimum Gasteiger partial charge on any atom is -0.464 e. The van der Waals surface area contributed by atoms with Crippen LogP contribution in [0.15, 0.2) is 24.4 Å². The minimum atomic E-state index is -0.745. The molecule has 1 saturated heterocycles. The number of esters is 1. The van der Waals surface area contributed by atoms with Crippen molar-refractivity contribution in [3.63, 3.8) is 0 Å². The van der Waals surface area contributed by atoms with Crippen molar-refractivity contribution in [3.05, 3.63) is 41.5 Å². The number of nitriles is 1. The maximum absolute atomic E-state index is 14.2. The Morgan fingerprint density at radius 2 is 2.03 bits per heavy atom. The Morgan fingerprint density at radius 1 is 1.31 bits per heavy atom. The Labute approximate surface area is 185 Å². The highest BCUT2D eigenvalue weighted by molar-refractivity contribution is 5.96. The van der Waals surface area contributed by atoms with Gasteiger partial charge in [-0.25, -0.2) is 14.0 Å². The Bertz CT molecular complexity index is 1080. The van der Waals surface area contributed by atoms with Crippen LogP contribution in [0.5, 0.6) is 0 Å². The number of hydrogen-bond donors (Lipinski definition) is 2. The van der Waals surface area contributed by atoms with Gasteiger partial charge in [-0.15, -0.1) is 0 Å². The molecule has 32 heavy (non-hydrogen) atoms. The van der Waals surface area contributed by atoms with Gasteiger partial charge in [-0.05, 0) is 45.4 Å². The van der Waals surface area contributed by atoms with Gasteiger partial charge in [0, 0.05) is 19.3 Å². The number of carbonyl (C=O) groups is 2. The molecule has 3 N–H and O–H groups in total. The number of ether oxygens (including phenoxy) is 2. The van der Waals surface area contributed by atoms with Crippen molar-refractivity contribution < 1.29 is 23.5 Å². The summed E-state index contributed by atoms with van der Waals surface area (Å²) in [6, 6.07) is 5.92. The van der Waals surface area contributed by atoms with Gasteiger partial charge in [0.25, 0.3) is 0 Å². The summed E-state index contributed by atoms with van der Waals surface area (Å²) in [5, 5.41) is 12.2. The number of nitrogens with zero attached hydrogens (tertiary/aromatic N) is 3. The lowest BCUT2D eigenvalue weighted by Crippen LogP contribution is -2.40. The summed E-state index contributed by atoms with van der Waals surface area (Å²) >= 11 is 0. The summed E-state index contributed by atoms with van der Waals surface area (Å²) in [6.45, 7) is 6.39. The van der Waals surface area contributed by atoms with Crippen molar-refractivity contribution >= 4 is 23.4 Å². The lowest BCUT2D eigenvalue weighted by atomic mass is 10.2. The molecule has 0 saturated carbocycles. The maximum Gasteiger partial charge on any atom is 0.407 e. The van der Waals surface area contributed by atoms with Gasteiger partial charge in [0.15, 0.2) is 5.69 Å². The molecular formula is C22H26FN5O4. The lowest BCUT2D eigenvalue weighted by Gasteiger charge is -2.24. The first-order valence-electron chi connectivity index (χ1n) is 10.1. The minimum absolute atomic E-state index is 0.0412. The fourth-order valence-electron chi connectivity index (χ4n) is 3.63. The summed E-state index contributed by atoms with van der Waals surface area (Å²) in [7, 11) is 1.20. The van der Waals surface area contributed by atoms with E-state index in [2.05, 4.69) is 5.32 Å². The Kier molecular flexibility index (Phi) is 6.30. The number of nitrogens with one attached hydrogen (secondary N) is 1. The predicted octanol–water partition coefficient (Wildman–Crippen LogP) is 2.96. The number of nitrogen functional groups attached to an aromatic ring is 1. The molecule has 1 atom stereocenters. The number of amides is 1. The second-order valence-corrected chi connectivity index (χ2v) is 8.49. The molecule has 170 valence electrons. The summed E-state index contributed by atoms with van der Waals surface area (Å²) in [6.07, 6.45) is 1.53. The number of halogens is 1. The number of nitrogens with two attached hydrogens (primary N) is 1. The third-order valence-electron chi connectivity index (χ3n) is 4.99. The van der Waals surface area contributed by atoms with E-state index in [-0.39, 0.29) is 23.0 Å². The molecule has 1 aromatic carbocycles. The van der Waals surface area contributed by atoms with Crippen molar-refractivity contribution in [1.29, 1.82) is 5.26 Å². The number of methoxy groups -OCH3 is 1. The van der Waals surface area contributed by atoms with Crippen LogP contribution in [0, 0.1) is 17.1 Å². The fourth-order valence-corrected chi connectivity index (χ4v) is 3.63. The summed E-state index contributed by atoms with van der Waals surface area (Å²) in [4.78, 5) is 26.4. The van der Waals surface area contributed by atoms with E-state index in [4.69, 9.17) is 15.2 Å². The normalized spacial score (nSPS) is 15.9. The Morgan fingerprint density at radius 3 is 2.66 bits per heavy atom. The summed E-state index contributed by atoms with van der Waals surface area (Å²) in [5.74, 6) is -1.27. The predicted molar refractivity (Wildman–Crippen MR) is 116 cm³/mol. The lowest BCUT2D eigenvalue weighted by molar-refractivity contribution is 0.0507. The van der Waals surface area contributed by atoms with E-state index in [0.717, 1.165) is 0 Å². The summed E-state index contributed by atoms with van der Waals surface area (Å²) < 4.78 is 25.7. The second kappa shape index (κ2) is 8.78. The topological polar surface area (TPSA) is 123 Å². The van der Waals surface area contributed by atoms with E-state index >= 15 is 0 Å². The van der Waals surface area contributed by atoms with Gasteiger partial charge >= 0.3 is 12.1 Å². The average Bonchev–Trinajstić information content (AvgIpc) is 3.29. The third-order valence-corrected chi connectivity index (χ3v) is 4.99. The largest absolute Gasteiger partial charge is 0.464 e. The number of alkyl carbamates (subject to hydrolysis) is 1. The third kappa shape index (κ3) is 4.77. The first kappa shape index (κ1) is 22.9. The van der Waals surface area contributed by atoms with Gasteiger partial charge in [0.05, 0.1) is 35.8 Å². The van der Waals surface area contributed by atoms with Crippen LogP contribution in [0.4, 0.5) is 20.6 Å². The van der Waals surface area contributed by atoms with Crippen LogP contribution >= 0.6 is 0 Å². The second-order valence-electron chi connectivity index (χ2n) is 8.49. The number of aromatic nitrogens is 1. The van der Waals surface area contributed by atoms with Crippen LogP contribution in [-0.2, 0) is 9.47 Å². The van der Waals surface area contributed by atoms with Crippen LogP contribution in [-0.4, -0.2) is 48.5 Å². The first-order valence-corrected chi connectivity index (χ1v) is 10.1. The SMILES string of the molecule is COC(=O)c1c(N)c(C#N)cn1-c1cc(F)ccc1N1CCC(NC(=O)OC(C)(C)C)C1. The van der Waals surface area contributed by atoms with E-state index in [1.165, 1.54) is 30.0 Å².